The maximum absolute atomic E-state index is 10.5. The van der Waals surface area contributed by atoms with Crippen molar-refractivity contribution in [3.05, 3.63) is 16.2 Å². The molecule has 2 N–H and O–H groups in total. The summed E-state index contributed by atoms with van der Waals surface area (Å²) in [6.07, 6.45) is 5.11. The van der Waals surface area contributed by atoms with E-state index < -0.39 is 5.60 Å². The van der Waals surface area contributed by atoms with E-state index in [4.69, 9.17) is 11.6 Å². The number of anilines is 1. The van der Waals surface area contributed by atoms with Gasteiger partial charge in [-0.2, -0.15) is 0 Å². The summed E-state index contributed by atoms with van der Waals surface area (Å²) in [5.74, 6) is 0.725. The van der Waals surface area contributed by atoms with Crippen LogP contribution < -0.4 is 5.32 Å². The fourth-order valence-electron chi connectivity index (χ4n) is 2.79. The highest BCUT2D eigenvalue weighted by atomic mass is 35.5. The Morgan fingerprint density at radius 2 is 2.10 bits per heavy atom. The molecule has 108 valence electrons. The molecule has 0 amide bonds. The topological polar surface area (TPSA) is 58.0 Å². The SMILES string of the molecule is Cc1cc2c(NCC3(O)CCCCC3)nc(Cl)nc2s1. The smallest absolute Gasteiger partial charge is 0.225 e. The van der Waals surface area contributed by atoms with Gasteiger partial charge in [-0.15, -0.1) is 11.3 Å². The van der Waals surface area contributed by atoms with Crippen LogP contribution in [0.15, 0.2) is 6.07 Å². The minimum atomic E-state index is -0.618. The number of fused-ring (bicyclic) bond motifs is 1. The molecule has 3 rings (SSSR count). The molecule has 0 atom stereocenters. The van der Waals surface area contributed by atoms with Crippen molar-refractivity contribution in [2.24, 2.45) is 0 Å². The van der Waals surface area contributed by atoms with Gasteiger partial charge in [-0.25, -0.2) is 9.97 Å². The van der Waals surface area contributed by atoms with E-state index in [1.165, 1.54) is 11.3 Å². The van der Waals surface area contributed by atoms with Gasteiger partial charge in [-0.3, -0.25) is 0 Å². The monoisotopic (exact) mass is 311 g/mol. The molecule has 1 fully saturated rings. The highest BCUT2D eigenvalue weighted by molar-refractivity contribution is 7.18. The Bertz CT molecular complexity index is 622. The quantitative estimate of drug-likeness (QED) is 0.847. The van der Waals surface area contributed by atoms with Crippen LogP contribution in [0.25, 0.3) is 10.2 Å². The van der Waals surface area contributed by atoms with Crippen molar-refractivity contribution >= 4 is 39.0 Å². The zero-order chi connectivity index (χ0) is 14.2. The van der Waals surface area contributed by atoms with E-state index >= 15 is 0 Å². The summed E-state index contributed by atoms with van der Waals surface area (Å²) in [6, 6.07) is 2.06. The Hall–Kier alpha value is -0.910. The first-order valence-electron chi connectivity index (χ1n) is 6.96. The maximum Gasteiger partial charge on any atom is 0.225 e. The standard InChI is InChI=1S/C14H18ClN3OS/c1-9-7-10-11(17-13(15)18-12(10)20-9)16-8-14(19)5-3-2-4-6-14/h7,19H,2-6,8H2,1H3,(H,16,17,18). The second kappa shape index (κ2) is 5.47. The van der Waals surface area contributed by atoms with E-state index in [-0.39, 0.29) is 5.28 Å². The molecule has 6 heteroatoms. The molecule has 1 saturated carbocycles. The molecule has 1 aliphatic carbocycles. The van der Waals surface area contributed by atoms with Gasteiger partial charge < -0.3 is 10.4 Å². The maximum atomic E-state index is 10.5. The van der Waals surface area contributed by atoms with E-state index in [1.54, 1.807) is 11.3 Å². The normalized spacial score (nSPS) is 18.4. The van der Waals surface area contributed by atoms with Gasteiger partial charge in [0.1, 0.15) is 10.6 Å². The number of nitrogens with zero attached hydrogens (tertiary/aromatic N) is 2. The van der Waals surface area contributed by atoms with Crippen molar-refractivity contribution in [1.82, 2.24) is 9.97 Å². The Kier molecular flexibility index (Phi) is 3.84. The van der Waals surface area contributed by atoms with Crippen LogP contribution in [0.3, 0.4) is 0 Å². The largest absolute Gasteiger partial charge is 0.388 e. The Balaban J connectivity index is 1.83. The van der Waals surface area contributed by atoms with Crippen LogP contribution in [0.1, 0.15) is 37.0 Å². The van der Waals surface area contributed by atoms with Gasteiger partial charge in [0.05, 0.1) is 11.0 Å². The number of aromatic nitrogens is 2. The summed E-state index contributed by atoms with van der Waals surface area (Å²) in [7, 11) is 0. The van der Waals surface area contributed by atoms with Crippen molar-refractivity contribution < 1.29 is 5.11 Å². The van der Waals surface area contributed by atoms with E-state index in [0.717, 1.165) is 41.7 Å². The minimum Gasteiger partial charge on any atom is -0.388 e. The highest BCUT2D eigenvalue weighted by Gasteiger charge is 2.29. The lowest BCUT2D eigenvalue weighted by molar-refractivity contribution is 0.0167. The Labute approximate surface area is 127 Å². The highest BCUT2D eigenvalue weighted by Crippen LogP contribution is 2.32. The molecular weight excluding hydrogens is 294 g/mol. The number of aliphatic hydroxyl groups is 1. The summed E-state index contributed by atoms with van der Waals surface area (Å²) >= 11 is 7.57. The van der Waals surface area contributed by atoms with Crippen molar-refractivity contribution in [1.29, 1.82) is 0 Å². The van der Waals surface area contributed by atoms with Crippen LogP contribution in [0.5, 0.6) is 0 Å². The van der Waals surface area contributed by atoms with Crippen LogP contribution >= 0.6 is 22.9 Å². The number of nitrogens with one attached hydrogen (secondary N) is 1. The second-order valence-electron chi connectivity index (χ2n) is 5.56. The van der Waals surface area contributed by atoms with Crippen LogP contribution in [-0.2, 0) is 0 Å². The number of hydrogen-bond donors (Lipinski definition) is 2. The lowest BCUT2D eigenvalue weighted by Gasteiger charge is -2.32. The number of thiophene rings is 1. The molecule has 0 radical (unpaired) electrons. The van der Waals surface area contributed by atoms with E-state index in [1.807, 2.05) is 6.92 Å². The molecule has 0 aromatic carbocycles. The lowest BCUT2D eigenvalue weighted by atomic mass is 9.85. The first-order chi connectivity index (χ1) is 9.56. The van der Waals surface area contributed by atoms with Gasteiger partial charge >= 0.3 is 0 Å². The third-order valence-corrected chi connectivity index (χ3v) is 4.97. The van der Waals surface area contributed by atoms with Gasteiger partial charge in [-0.05, 0) is 37.4 Å². The zero-order valence-electron chi connectivity index (χ0n) is 11.4. The molecule has 2 heterocycles. The van der Waals surface area contributed by atoms with Crippen molar-refractivity contribution in [3.8, 4) is 0 Å². The predicted molar refractivity (Wildman–Crippen MR) is 83.7 cm³/mol. The molecule has 20 heavy (non-hydrogen) atoms. The summed E-state index contributed by atoms with van der Waals surface area (Å²) in [4.78, 5) is 10.6. The van der Waals surface area contributed by atoms with Gasteiger partial charge in [0.2, 0.25) is 5.28 Å². The molecule has 0 aliphatic heterocycles. The number of halogens is 1. The van der Waals surface area contributed by atoms with Crippen LogP contribution in [0.4, 0.5) is 5.82 Å². The number of hydrogen-bond acceptors (Lipinski definition) is 5. The molecule has 2 aromatic rings. The Morgan fingerprint density at radius 3 is 2.85 bits per heavy atom. The molecule has 1 aliphatic rings. The van der Waals surface area contributed by atoms with Gasteiger partial charge in [0, 0.05) is 11.4 Å². The van der Waals surface area contributed by atoms with Crippen LogP contribution in [0.2, 0.25) is 5.28 Å². The van der Waals surface area contributed by atoms with Gasteiger partial charge in [-0.1, -0.05) is 19.3 Å². The zero-order valence-corrected chi connectivity index (χ0v) is 13.0. The summed E-state index contributed by atoms with van der Waals surface area (Å²) in [5, 5.41) is 15.0. The Morgan fingerprint density at radius 1 is 1.35 bits per heavy atom. The average molecular weight is 312 g/mol. The van der Waals surface area contributed by atoms with E-state index in [2.05, 4.69) is 21.4 Å². The first-order valence-corrected chi connectivity index (χ1v) is 8.15. The third kappa shape index (κ3) is 2.90. The second-order valence-corrected chi connectivity index (χ2v) is 7.13. The van der Waals surface area contributed by atoms with Gasteiger partial charge in [0.25, 0.3) is 0 Å². The molecule has 0 spiro atoms. The number of rotatable bonds is 3. The van der Waals surface area contributed by atoms with Crippen molar-refractivity contribution in [2.75, 3.05) is 11.9 Å². The molecule has 4 nitrogen and oxygen atoms in total. The lowest BCUT2D eigenvalue weighted by Crippen LogP contribution is -2.39. The molecule has 2 aromatic heterocycles. The van der Waals surface area contributed by atoms with Crippen molar-refractivity contribution in [3.63, 3.8) is 0 Å². The molecule has 0 unspecified atom stereocenters. The summed E-state index contributed by atoms with van der Waals surface area (Å²) in [5.41, 5.74) is -0.618. The van der Waals surface area contributed by atoms with E-state index in [0.29, 0.717) is 6.54 Å². The van der Waals surface area contributed by atoms with E-state index in [9.17, 15) is 5.11 Å². The number of aryl methyl sites for hydroxylation is 1. The van der Waals surface area contributed by atoms with Crippen LogP contribution in [0, 0.1) is 6.92 Å². The average Bonchev–Trinajstić information content (AvgIpc) is 2.77. The summed E-state index contributed by atoms with van der Waals surface area (Å²) < 4.78 is 0. The third-order valence-electron chi connectivity index (χ3n) is 3.86. The summed E-state index contributed by atoms with van der Waals surface area (Å²) in [6.45, 7) is 2.56. The molecule has 0 saturated heterocycles. The molecular formula is C14H18ClN3OS. The van der Waals surface area contributed by atoms with Crippen molar-refractivity contribution in [2.45, 2.75) is 44.6 Å². The first kappa shape index (κ1) is 14.0. The molecule has 0 bridgehead atoms. The fraction of sp³-hybridized carbons (Fsp3) is 0.571. The van der Waals surface area contributed by atoms with Crippen LogP contribution in [-0.4, -0.2) is 27.2 Å². The van der Waals surface area contributed by atoms with Gasteiger partial charge in [0.15, 0.2) is 0 Å². The predicted octanol–water partition coefficient (Wildman–Crippen LogP) is 3.76. The minimum absolute atomic E-state index is 0.248. The fourth-order valence-corrected chi connectivity index (χ4v) is 3.88.